The van der Waals surface area contributed by atoms with Crippen LogP contribution in [0.15, 0.2) is 30.6 Å². The highest BCUT2D eigenvalue weighted by molar-refractivity contribution is 6.30. The summed E-state index contributed by atoms with van der Waals surface area (Å²) in [5, 5.41) is 0.441. The van der Waals surface area contributed by atoms with Crippen molar-refractivity contribution in [1.82, 2.24) is 4.98 Å². The molecule has 0 saturated heterocycles. The number of aromatic nitrogens is 1. The van der Waals surface area contributed by atoms with Crippen LogP contribution < -0.4 is 14.4 Å². The molecule has 1 aliphatic rings. The van der Waals surface area contributed by atoms with Gasteiger partial charge in [0.2, 0.25) is 0 Å². The molecule has 0 bridgehead atoms. The Bertz CT molecular complexity index is 749. The summed E-state index contributed by atoms with van der Waals surface area (Å²) in [6, 6.07) is 5.34. The van der Waals surface area contributed by atoms with Crippen molar-refractivity contribution in [2.24, 2.45) is 0 Å². The molecular weight excluding hydrogens is 316 g/mol. The molecule has 0 spiro atoms. The molecule has 2 heterocycles. The van der Waals surface area contributed by atoms with E-state index in [4.69, 9.17) is 21.1 Å². The Morgan fingerprint density at radius 3 is 2.74 bits per heavy atom. The second-order valence-electron chi connectivity index (χ2n) is 5.28. The molecule has 1 aliphatic heterocycles. The maximum absolute atomic E-state index is 12.9. The molecular formula is C17H17ClN2O3. The van der Waals surface area contributed by atoms with Crippen molar-refractivity contribution in [3.8, 4) is 11.5 Å². The molecule has 0 fully saturated rings. The lowest BCUT2D eigenvalue weighted by Gasteiger charge is -2.31. The van der Waals surface area contributed by atoms with Crippen molar-refractivity contribution in [3.05, 3.63) is 46.7 Å². The van der Waals surface area contributed by atoms with Gasteiger partial charge in [-0.25, -0.2) is 0 Å². The Hall–Kier alpha value is -2.27. The first kappa shape index (κ1) is 15.6. The first-order valence-electron chi connectivity index (χ1n) is 7.31. The summed E-state index contributed by atoms with van der Waals surface area (Å²) in [5.41, 5.74) is 2.30. The number of fused-ring (bicyclic) bond motifs is 1. The van der Waals surface area contributed by atoms with Crippen molar-refractivity contribution in [1.29, 1.82) is 0 Å². The van der Waals surface area contributed by atoms with Gasteiger partial charge in [-0.1, -0.05) is 11.6 Å². The van der Waals surface area contributed by atoms with Crippen molar-refractivity contribution in [2.45, 2.75) is 12.8 Å². The first-order valence-corrected chi connectivity index (χ1v) is 7.69. The summed E-state index contributed by atoms with van der Waals surface area (Å²) in [5.74, 6) is 1.27. The van der Waals surface area contributed by atoms with E-state index in [1.807, 2.05) is 12.1 Å². The molecule has 6 heteroatoms. The number of pyridine rings is 1. The van der Waals surface area contributed by atoms with Crippen LogP contribution in [0.25, 0.3) is 0 Å². The third kappa shape index (κ3) is 2.97. The Kier molecular flexibility index (Phi) is 4.39. The molecule has 0 unspecified atom stereocenters. The van der Waals surface area contributed by atoms with E-state index >= 15 is 0 Å². The third-order valence-corrected chi connectivity index (χ3v) is 4.12. The fourth-order valence-corrected chi connectivity index (χ4v) is 3.00. The van der Waals surface area contributed by atoms with E-state index in [9.17, 15) is 4.79 Å². The van der Waals surface area contributed by atoms with E-state index in [2.05, 4.69) is 4.98 Å². The molecule has 0 N–H and O–H groups in total. The average molecular weight is 333 g/mol. The van der Waals surface area contributed by atoms with Gasteiger partial charge >= 0.3 is 0 Å². The van der Waals surface area contributed by atoms with Crippen molar-refractivity contribution >= 4 is 23.2 Å². The molecule has 5 nitrogen and oxygen atoms in total. The summed E-state index contributed by atoms with van der Waals surface area (Å²) < 4.78 is 10.8. The van der Waals surface area contributed by atoms with Crippen LogP contribution in [-0.4, -0.2) is 31.7 Å². The van der Waals surface area contributed by atoms with Gasteiger partial charge in [0.05, 0.1) is 30.5 Å². The molecule has 0 atom stereocenters. The number of nitrogens with zero attached hydrogens (tertiary/aromatic N) is 2. The molecule has 1 amide bonds. The van der Waals surface area contributed by atoms with Gasteiger partial charge in [0, 0.05) is 36.6 Å². The van der Waals surface area contributed by atoms with Gasteiger partial charge < -0.3 is 14.4 Å². The Labute approximate surface area is 139 Å². The third-order valence-electron chi connectivity index (χ3n) is 3.91. The minimum Gasteiger partial charge on any atom is -0.497 e. The summed E-state index contributed by atoms with van der Waals surface area (Å²) in [6.07, 6.45) is 4.77. The van der Waals surface area contributed by atoms with Crippen LogP contribution in [0.2, 0.25) is 5.02 Å². The number of hydrogen-bond donors (Lipinski definition) is 0. The lowest BCUT2D eigenvalue weighted by atomic mass is 9.99. The maximum Gasteiger partial charge on any atom is 0.259 e. The van der Waals surface area contributed by atoms with E-state index in [0.717, 1.165) is 29.8 Å². The fraction of sp³-hybridized carbons (Fsp3) is 0.294. The minimum absolute atomic E-state index is 0.128. The summed E-state index contributed by atoms with van der Waals surface area (Å²) in [6.45, 7) is 0.634. The van der Waals surface area contributed by atoms with Gasteiger partial charge in [-0.2, -0.15) is 0 Å². The van der Waals surface area contributed by atoms with Gasteiger partial charge in [-0.3, -0.25) is 9.78 Å². The van der Waals surface area contributed by atoms with Crippen LogP contribution in [0.4, 0.5) is 5.69 Å². The number of hydrogen-bond acceptors (Lipinski definition) is 4. The van der Waals surface area contributed by atoms with E-state index in [1.165, 1.54) is 12.4 Å². The number of carbonyl (C=O) groups is 1. The number of halogens is 1. The molecule has 3 rings (SSSR count). The van der Waals surface area contributed by atoms with Crippen LogP contribution in [0.5, 0.6) is 11.5 Å². The second-order valence-corrected chi connectivity index (χ2v) is 5.72. The summed E-state index contributed by atoms with van der Waals surface area (Å²) >= 11 is 5.95. The lowest BCUT2D eigenvalue weighted by Crippen LogP contribution is -2.35. The Balaban J connectivity index is 2.05. The highest BCUT2D eigenvalue weighted by atomic mass is 35.5. The number of ether oxygens (including phenoxy) is 2. The predicted molar refractivity (Wildman–Crippen MR) is 88.8 cm³/mol. The van der Waals surface area contributed by atoms with Gasteiger partial charge in [-0.15, -0.1) is 0 Å². The number of rotatable bonds is 3. The van der Waals surface area contributed by atoms with Crippen molar-refractivity contribution in [2.75, 3.05) is 25.7 Å². The van der Waals surface area contributed by atoms with Gasteiger partial charge in [0.15, 0.2) is 0 Å². The van der Waals surface area contributed by atoms with Crippen LogP contribution in [0.3, 0.4) is 0 Å². The average Bonchev–Trinajstić information content (AvgIpc) is 2.59. The topological polar surface area (TPSA) is 51.7 Å². The zero-order chi connectivity index (χ0) is 16.4. The van der Waals surface area contributed by atoms with Crippen LogP contribution in [-0.2, 0) is 6.42 Å². The number of anilines is 1. The summed E-state index contributed by atoms with van der Waals surface area (Å²) in [4.78, 5) is 18.6. The first-order chi connectivity index (χ1) is 11.1. The molecule has 23 heavy (non-hydrogen) atoms. The molecule has 120 valence electrons. The lowest BCUT2D eigenvalue weighted by molar-refractivity contribution is 0.0984. The van der Waals surface area contributed by atoms with Gasteiger partial charge in [0.1, 0.15) is 11.5 Å². The van der Waals surface area contributed by atoms with Crippen LogP contribution in [0, 0.1) is 0 Å². The minimum atomic E-state index is -0.128. The van der Waals surface area contributed by atoms with Gasteiger partial charge in [0.25, 0.3) is 5.91 Å². The van der Waals surface area contributed by atoms with E-state index in [1.54, 1.807) is 25.2 Å². The molecule has 0 aliphatic carbocycles. The zero-order valence-corrected chi connectivity index (χ0v) is 13.8. The number of benzene rings is 1. The summed E-state index contributed by atoms with van der Waals surface area (Å²) in [7, 11) is 3.22. The SMILES string of the molecule is COc1cc(OC)c2c(c1)N(C(=O)c1cncc(Cl)c1)CCC2. The number of methoxy groups -OCH3 is 2. The smallest absolute Gasteiger partial charge is 0.259 e. The zero-order valence-electron chi connectivity index (χ0n) is 13.0. The van der Waals surface area contributed by atoms with E-state index in [-0.39, 0.29) is 5.91 Å². The van der Waals surface area contributed by atoms with Crippen molar-refractivity contribution < 1.29 is 14.3 Å². The highest BCUT2D eigenvalue weighted by Gasteiger charge is 2.27. The fourth-order valence-electron chi connectivity index (χ4n) is 2.83. The normalized spacial score (nSPS) is 13.4. The molecule has 0 radical (unpaired) electrons. The monoisotopic (exact) mass is 332 g/mol. The van der Waals surface area contributed by atoms with E-state index < -0.39 is 0 Å². The number of carbonyl (C=O) groups excluding carboxylic acids is 1. The quantitative estimate of drug-likeness (QED) is 0.865. The molecule has 1 aromatic carbocycles. The molecule has 0 saturated carbocycles. The van der Waals surface area contributed by atoms with Crippen molar-refractivity contribution in [3.63, 3.8) is 0 Å². The maximum atomic E-state index is 12.9. The predicted octanol–water partition coefficient (Wildman–Crippen LogP) is 3.35. The standard InChI is InChI=1S/C17H17ClN2O3/c1-22-13-7-15-14(16(8-13)23-2)4-3-5-20(15)17(21)11-6-12(18)10-19-9-11/h6-10H,3-5H2,1-2H3. The molecule has 2 aromatic rings. The Morgan fingerprint density at radius 1 is 1.22 bits per heavy atom. The van der Waals surface area contributed by atoms with E-state index in [0.29, 0.717) is 22.9 Å². The Morgan fingerprint density at radius 2 is 2.04 bits per heavy atom. The molecule has 1 aromatic heterocycles. The largest absolute Gasteiger partial charge is 0.497 e. The van der Waals surface area contributed by atoms with Crippen LogP contribution >= 0.6 is 11.6 Å². The highest BCUT2D eigenvalue weighted by Crippen LogP contribution is 2.38. The second kappa shape index (κ2) is 6.46. The van der Waals surface area contributed by atoms with Crippen LogP contribution in [0.1, 0.15) is 22.3 Å². The number of amides is 1. The van der Waals surface area contributed by atoms with Gasteiger partial charge in [-0.05, 0) is 18.9 Å².